The van der Waals surface area contributed by atoms with E-state index in [0.717, 1.165) is 16.8 Å². The zero-order valence-corrected chi connectivity index (χ0v) is 11.3. The van der Waals surface area contributed by atoms with Gasteiger partial charge in [0.1, 0.15) is 0 Å². The largest absolute Gasteiger partial charge is 0.305 e. The van der Waals surface area contributed by atoms with Gasteiger partial charge in [-0.1, -0.05) is 42.2 Å². The van der Waals surface area contributed by atoms with Crippen LogP contribution in [-0.2, 0) is 0 Å². The lowest BCUT2D eigenvalue weighted by Crippen LogP contribution is -1.93. The Morgan fingerprint density at radius 1 is 0.810 bits per heavy atom. The lowest BCUT2D eigenvalue weighted by Gasteiger charge is -2.03. The number of imidazole rings is 1. The van der Waals surface area contributed by atoms with Crippen molar-refractivity contribution in [3.05, 3.63) is 84.4 Å². The molecular weight excluding hydrogens is 256 g/mol. The zero-order valence-electron chi connectivity index (χ0n) is 11.3. The average Bonchev–Trinajstić information content (AvgIpc) is 3.07. The molecule has 0 bridgehead atoms. The molecule has 0 aliphatic carbocycles. The minimum Gasteiger partial charge on any atom is -0.305 e. The van der Waals surface area contributed by atoms with E-state index in [4.69, 9.17) is 0 Å². The number of aromatic nitrogens is 2. The lowest BCUT2D eigenvalue weighted by atomic mass is 10.2. The van der Waals surface area contributed by atoms with Crippen molar-refractivity contribution in [3.8, 4) is 29.4 Å². The third kappa shape index (κ3) is 3.21. The Hall–Kier alpha value is -3.23. The molecule has 21 heavy (non-hydrogen) atoms. The Morgan fingerprint density at radius 3 is 2.38 bits per heavy atom. The van der Waals surface area contributed by atoms with Crippen molar-refractivity contribution in [2.45, 2.75) is 0 Å². The molecule has 3 rings (SSSR count). The van der Waals surface area contributed by atoms with Gasteiger partial charge < -0.3 is 4.57 Å². The molecule has 2 nitrogen and oxygen atoms in total. The van der Waals surface area contributed by atoms with Gasteiger partial charge in [-0.3, -0.25) is 0 Å². The van der Waals surface area contributed by atoms with E-state index in [2.05, 4.69) is 28.7 Å². The fraction of sp³-hybridized carbons (Fsp3) is 0. The van der Waals surface area contributed by atoms with Crippen LogP contribution in [0, 0.1) is 23.7 Å². The van der Waals surface area contributed by atoms with Crippen molar-refractivity contribution in [1.29, 1.82) is 0 Å². The van der Waals surface area contributed by atoms with Gasteiger partial charge in [0.25, 0.3) is 0 Å². The van der Waals surface area contributed by atoms with E-state index in [1.807, 2.05) is 65.4 Å². The number of rotatable bonds is 1. The van der Waals surface area contributed by atoms with Gasteiger partial charge in [0.05, 0.1) is 12.0 Å². The summed E-state index contributed by atoms with van der Waals surface area (Å²) in [6.45, 7) is 0. The molecule has 0 unspecified atom stereocenters. The summed E-state index contributed by atoms with van der Waals surface area (Å²) in [5.41, 5.74) is 2.90. The van der Waals surface area contributed by atoms with Gasteiger partial charge in [-0.05, 0) is 36.1 Å². The smallest absolute Gasteiger partial charge is 0.0992 e. The second kappa shape index (κ2) is 6.28. The SMILES string of the molecule is C(C#Cc1ccccc1-n1ccnc1)#Cc1ccccc1. The van der Waals surface area contributed by atoms with Crippen molar-refractivity contribution in [1.82, 2.24) is 9.55 Å². The summed E-state index contributed by atoms with van der Waals surface area (Å²) >= 11 is 0. The molecule has 0 saturated heterocycles. The van der Waals surface area contributed by atoms with Crippen molar-refractivity contribution >= 4 is 0 Å². The maximum atomic E-state index is 4.06. The Bertz CT molecular complexity index is 839. The summed E-state index contributed by atoms with van der Waals surface area (Å²) in [4.78, 5) is 4.06. The quantitative estimate of drug-likeness (QED) is 0.619. The van der Waals surface area contributed by atoms with Gasteiger partial charge in [-0.15, -0.1) is 0 Å². The van der Waals surface area contributed by atoms with Gasteiger partial charge in [0.15, 0.2) is 0 Å². The van der Waals surface area contributed by atoms with E-state index in [-0.39, 0.29) is 0 Å². The third-order valence-electron chi connectivity index (χ3n) is 2.93. The minimum absolute atomic E-state index is 0.929. The molecule has 1 aromatic heterocycles. The second-order valence-electron chi connectivity index (χ2n) is 4.35. The maximum absolute atomic E-state index is 4.06. The molecule has 98 valence electrons. The van der Waals surface area contributed by atoms with Crippen LogP contribution < -0.4 is 0 Å². The minimum atomic E-state index is 0.929. The number of hydrogen-bond donors (Lipinski definition) is 0. The fourth-order valence-corrected chi connectivity index (χ4v) is 1.93. The highest BCUT2D eigenvalue weighted by atomic mass is 15.0. The predicted molar refractivity (Wildman–Crippen MR) is 83.8 cm³/mol. The highest BCUT2D eigenvalue weighted by Gasteiger charge is 1.99. The third-order valence-corrected chi connectivity index (χ3v) is 2.93. The molecule has 0 aliphatic rings. The molecule has 0 saturated carbocycles. The molecule has 0 N–H and O–H groups in total. The van der Waals surface area contributed by atoms with E-state index >= 15 is 0 Å². The Kier molecular flexibility index (Phi) is 3.82. The summed E-state index contributed by atoms with van der Waals surface area (Å²) in [6.07, 6.45) is 5.41. The Labute approximate surface area is 124 Å². The molecule has 0 atom stereocenters. The monoisotopic (exact) mass is 268 g/mol. The summed E-state index contributed by atoms with van der Waals surface area (Å²) in [5, 5.41) is 0. The van der Waals surface area contributed by atoms with Crippen LogP contribution in [-0.4, -0.2) is 9.55 Å². The second-order valence-corrected chi connectivity index (χ2v) is 4.35. The first-order chi connectivity index (χ1) is 10.4. The van der Waals surface area contributed by atoms with E-state index < -0.39 is 0 Å². The highest BCUT2D eigenvalue weighted by molar-refractivity contribution is 5.53. The predicted octanol–water partition coefficient (Wildman–Crippen LogP) is 3.28. The molecule has 0 radical (unpaired) electrons. The zero-order chi connectivity index (χ0) is 14.3. The van der Waals surface area contributed by atoms with Crippen molar-refractivity contribution in [2.75, 3.05) is 0 Å². The first-order valence-corrected chi connectivity index (χ1v) is 6.58. The number of hydrogen-bond acceptors (Lipinski definition) is 1. The molecule has 2 heteroatoms. The van der Waals surface area contributed by atoms with E-state index in [0.29, 0.717) is 0 Å². The standard InChI is InChI=1S/C19H12N2/c1-2-8-17(9-3-1)10-4-5-11-18-12-6-7-13-19(18)21-15-14-20-16-21/h1-3,6-9,12-16H. The average molecular weight is 268 g/mol. The number of nitrogens with zero attached hydrogens (tertiary/aromatic N) is 2. The topological polar surface area (TPSA) is 17.8 Å². The van der Waals surface area contributed by atoms with E-state index in [1.54, 1.807) is 12.5 Å². The Balaban J connectivity index is 1.88. The van der Waals surface area contributed by atoms with Crippen molar-refractivity contribution in [3.63, 3.8) is 0 Å². The molecule has 0 fully saturated rings. The molecule has 1 heterocycles. The van der Waals surface area contributed by atoms with Crippen LogP contribution >= 0.6 is 0 Å². The highest BCUT2D eigenvalue weighted by Crippen LogP contribution is 2.12. The van der Waals surface area contributed by atoms with Crippen LogP contribution in [0.25, 0.3) is 5.69 Å². The number of para-hydroxylation sites is 1. The fourth-order valence-electron chi connectivity index (χ4n) is 1.93. The molecule has 2 aromatic carbocycles. The van der Waals surface area contributed by atoms with Gasteiger partial charge in [-0.25, -0.2) is 4.98 Å². The first-order valence-electron chi connectivity index (χ1n) is 6.58. The maximum Gasteiger partial charge on any atom is 0.0992 e. The number of benzene rings is 2. The summed E-state index contributed by atoms with van der Waals surface area (Å²) < 4.78 is 1.94. The molecular formula is C19H12N2. The van der Waals surface area contributed by atoms with E-state index in [1.165, 1.54) is 0 Å². The molecule has 0 aliphatic heterocycles. The molecule has 0 spiro atoms. The van der Waals surface area contributed by atoms with Crippen LogP contribution in [0.15, 0.2) is 73.3 Å². The van der Waals surface area contributed by atoms with Crippen LogP contribution in [0.1, 0.15) is 11.1 Å². The Morgan fingerprint density at radius 2 is 1.57 bits per heavy atom. The molecule has 3 aromatic rings. The van der Waals surface area contributed by atoms with Crippen molar-refractivity contribution in [2.24, 2.45) is 0 Å². The van der Waals surface area contributed by atoms with Crippen LogP contribution in [0.3, 0.4) is 0 Å². The van der Waals surface area contributed by atoms with E-state index in [9.17, 15) is 0 Å². The normalized spacial score (nSPS) is 9.14. The van der Waals surface area contributed by atoms with Gasteiger partial charge in [0, 0.05) is 23.5 Å². The lowest BCUT2D eigenvalue weighted by molar-refractivity contribution is 1.05. The van der Waals surface area contributed by atoms with Crippen LogP contribution in [0.4, 0.5) is 0 Å². The van der Waals surface area contributed by atoms with Gasteiger partial charge in [0.2, 0.25) is 0 Å². The van der Waals surface area contributed by atoms with Gasteiger partial charge in [-0.2, -0.15) is 0 Å². The summed E-state index contributed by atoms with van der Waals surface area (Å²) in [7, 11) is 0. The summed E-state index contributed by atoms with van der Waals surface area (Å²) in [5.74, 6) is 11.9. The van der Waals surface area contributed by atoms with Gasteiger partial charge >= 0.3 is 0 Å². The van der Waals surface area contributed by atoms with Crippen molar-refractivity contribution < 1.29 is 0 Å². The van der Waals surface area contributed by atoms with Crippen LogP contribution in [0.5, 0.6) is 0 Å². The summed E-state index contributed by atoms with van der Waals surface area (Å²) in [6, 6.07) is 17.8. The first kappa shape index (κ1) is 12.8. The molecule has 0 amide bonds. The van der Waals surface area contributed by atoms with Crippen LogP contribution in [0.2, 0.25) is 0 Å².